The SMILES string of the molecule is O=C(COc1ccc2c(c1)CCNC2)Nc1ccc2c(c1)OCCCO2. The minimum Gasteiger partial charge on any atom is -0.490 e. The second kappa shape index (κ2) is 7.66. The summed E-state index contributed by atoms with van der Waals surface area (Å²) in [5.74, 6) is 1.88. The molecule has 4 rings (SSSR count). The molecule has 0 unspecified atom stereocenters. The fourth-order valence-electron chi connectivity index (χ4n) is 3.13. The maximum Gasteiger partial charge on any atom is 0.262 e. The van der Waals surface area contributed by atoms with Gasteiger partial charge in [0.2, 0.25) is 0 Å². The van der Waals surface area contributed by atoms with E-state index in [-0.39, 0.29) is 12.5 Å². The van der Waals surface area contributed by atoms with Gasteiger partial charge in [-0.1, -0.05) is 6.07 Å². The van der Waals surface area contributed by atoms with Crippen LogP contribution in [0.4, 0.5) is 5.69 Å². The van der Waals surface area contributed by atoms with Gasteiger partial charge >= 0.3 is 0 Å². The molecule has 2 aromatic carbocycles. The largest absolute Gasteiger partial charge is 0.490 e. The Labute approximate surface area is 152 Å². The number of amides is 1. The highest BCUT2D eigenvalue weighted by Crippen LogP contribution is 2.32. The Hall–Kier alpha value is -2.73. The Morgan fingerprint density at radius 3 is 2.88 bits per heavy atom. The highest BCUT2D eigenvalue weighted by molar-refractivity contribution is 5.92. The van der Waals surface area contributed by atoms with Crippen molar-refractivity contribution in [3.8, 4) is 17.2 Å². The predicted molar refractivity (Wildman–Crippen MR) is 98.0 cm³/mol. The molecule has 0 radical (unpaired) electrons. The van der Waals surface area contributed by atoms with Crippen molar-refractivity contribution in [3.63, 3.8) is 0 Å². The number of rotatable bonds is 4. The lowest BCUT2D eigenvalue weighted by atomic mass is 10.0. The van der Waals surface area contributed by atoms with Crippen molar-refractivity contribution in [1.29, 1.82) is 0 Å². The zero-order valence-corrected chi connectivity index (χ0v) is 14.5. The number of anilines is 1. The molecule has 2 heterocycles. The van der Waals surface area contributed by atoms with Crippen LogP contribution in [-0.4, -0.2) is 32.3 Å². The fraction of sp³-hybridized carbons (Fsp3) is 0.350. The lowest BCUT2D eigenvalue weighted by Gasteiger charge is -2.18. The average Bonchev–Trinajstić information content (AvgIpc) is 2.91. The molecule has 0 saturated heterocycles. The number of benzene rings is 2. The van der Waals surface area contributed by atoms with Crippen molar-refractivity contribution < 1.29 is 19.0 Å². The summed E-state index contributed by atoms with van der Waals surface area (Å²) in [6.45, 7) is 3.08. The van der Waals surface area contributed by atoms with E-state index >= 15 is 0 Å². The summed E-state index contributed by atoms with van der Waals surface area (Å²) in [5.41, 5.74) is 3.24. The van der Waals surface area contributed by atoms with E-state index in [1.807, 2.05) is 18.2 Å². The number of hydrogen-bond acceptors (Lipinski definition) is 5. The molecule has 2 N–H and O–H groups in total. The quantitative estimate of drug-likeness (QED) is 0.883. The van der Waals surface area contributed by atoms with E-state index in [0.29, 0.717) is 30.4 Å². The van der Waals surface area contributed by atoms with E-state index in [4.69, 9.17) is 14.2 Å². The number of fused-ring (bicyclic) bond motifs is 2. The number of carbonyl (C=O) groups excluding carboxylic acids is 1. The third kappa shape index (κ3) is 3.91. The molecule has 6 heteroatoms. The van der Waals surface area contributed by atoms with Gasteiger partial charge in [-0.05, 0) is 48.4 Å². The number of hydrogen-bond donors (Lipinski definition) is 2. The van der Waals surface area contributed by atoms with Crippen LogP contribution < -0.4 is 24.8 Å². The Balaban J connectivity index is 1.35. The Kier molecular flexibility index (Phi) is 4.93. The standard InChI is InChI=1S/C20H22N2O4/c23-20(13-26-17-4-2-15-12-21-7-6-14(15)10-17)22-16-3-5-18-19(11-16)25-9-1-8-24-18/h2-5,10-11,21H,1,6-9,12-13H2,(H,22,23). The molecule has 0 atom stereocenters. The molecule has 2 aromatic rings. The van der Waals surface area contributed by atoms with Crippen molar-refractivity contribution >= 4 is 11.6 Å². The van der Waals surface area contributed by atoms with Gasteiger partial charge in [-0.15, -0.1) is 0 Å². The van der Waals surface area contributed by atoms with E-state index < -0.39 is 0 Å². The number of ether oxygens (including phenoxy) is 3. The van der Waals surface area contributed by atoms with Gasteiger partial charge in [-0.25, -0.2) is 0 Å². The van der Waals surface area contributed by atoms with Crippen LogP contribution in [0.25, 0.3) is 0 Å². The minimum atomic E-state index is -0.209. The first-order chi connectivity index (χ1) is 12.8. The van der Waals surface area contributed by atoms with E-state index in [1.54, 1.807) is 12.1 Å². The maximum absolute atomic E-state index is 12.2. The normalized spacial score (nSPS) is 15.5. The van der Waals surface area contributed by atoms with Crippen LogP contribution in [0.2, 0.25) is 0 Å². The molecule has 6 nitrogen and oxygen atoms in total. The molecule has 1 amide bonds. The summed E-state index contributed by atoms with van der Waals surface area (Å²) in [4.78, 5) is 12.2. The van der Waals surface area contributed by atoms with Gasteiger partial charge in [0.25, 0.3) is 5.91 Å². The Morgan fingerprint density at radius 1 is 1.08 bits per heavy atom. The van der Waals surface area contributed by atoms with Crippen LogP contribution in [0.15, 0.2) is 36.4 Å². The first kappa shape index (κ1) is 16.7. The monoisotopic (exact) mass is 354 g/mol. The second-order valence-electron chi connectivity index (χ2n) is 6.41. The lowest BCUT2D eigenvalue weighted by Crippen LogP contribution is -2.24. The minimum absolute atomic E-state index is 0.0362. The van der Waals surface area contributed by atoms with Gasteiger partial charge in [0.1, 0.15) is 5.75 Å². The molecular formula is C20H22N2O4. The van der Waals surface area contributed by atoms with Crippen LogP contribution in [0.5, 0.6) is 17.2 Å². The van der Waals surface area contributed by atoms with Crippen molar-refractivity contribution in [3.05, 3.63) is 47.5 Å². The van der Waals surface area contributed by atoms with Crippen LogP contribution in [0, 0.1) is 0 Å². The zero-order chi connectivity index (χ0) is 17.8. The van der Waals surface area contributed by atoms with Gasteiger partial charge < -0.3 is 24.8 Å². The summed E-state index contributed by atoms with van der Waals surface area (Å²) in [6.07, 6.45) is 1.83. The smallest absolute Gasteiger partial charge is 0.262 e. The van der Waals surface area contributed by atoms with E-state index in [1.165, 1.54) is 11.1 Å². The molecule has 26 heavy (non-hydrogen) atoms. The predicted octanol–water partition coefficient (Wildman–Crippen LogP) is 2.51. The molecule has 0 aromatic heterocycles. The number of carbonyl (C=O) groups is 1. The summed E-state index contributed by atoms with van der Waals surface area (Å²) >= 11 is 0. The van der Waals surface area contributed by atoms with Crippen molar-refractivity contribution in [2.75, 3.05) is 31.7 Å². The molecule has 136 valence electrons. The van der Waals surface area contributed by atoms with E-state index in [9.17, 15) is 4.79 Å². The molecule has 0 aliphatic carbocycles. The Morgan fingerprint density at radius 2 is 1.96 bits per heavy atom. The van der Waals surface area contributed by atoms with Gasteiger partial charge in [0.05, 0.1) is 13.2 Å². The maximum atomic E-state index is 12.2. The van der Waals surface area contributed by atoms with Gasteiger partial charge in [0.15, 0.2) is 18.1 Å². The van der Waals surface area contributed by atoms with Crippen LogP contribution in [-0.2, 0) is 17.8 Å². The molecule has 0 spiro atoms. The summed E-state index contributed by atoms with van der Waals surface area (Å²) in [5, 5.41) is 6.17. The van der Waals surface area contributed by atoms with E-state index in [2.05, 4.69) is 16.7 Å². The lowest BCUT2D eigenvalue weighted by molar-refractivity contribution is -0.118. The molecule has 2 aliphatic heterocycles. The summed E-state index contributed by atoms with van der Waals surface area (Å²) < 4.78 is 16.9. The van der Waals surface area contributed by atoms with Crippen LogP contribution in [0.1, 0.15) is 17.5 Å². The second-order valence-corrected chi connectivity index (χ2v) is 6.41. The fourth-order valence-corrected chi connectivity index (χ4v) is 3.13. The third-order valence-corrected chi connectivity index (χ3v) is 4.47. The molecule has 0 fully saturated rings. The highest BCUT2D eigenvalue weighted by atomic mass is 16.5. The molecule has 0 bridgehead atoms. The summed E-state index contributed by atoms with van der Waals surface area (Å²) in [6, 6.07) is 11.4. The van der Waals surface area contributed by atoms with Gasteiger partial charge in [0, 0.05) is 24.7 Å². The van der Waals surface area contributed by atoms with Crippen LogP contribution in [0.3, 0.4) is 0 Å². The average molecular weight is 354 g/mol. The topological polar surface area (TPSA) is 68.8 Å². The summed E-state index contributed by atoms with van der Waals surface area (Å²) in [7, 11) is 0. The molecule has 2 aliphatic rings. The van der Waals surface area contributed by atoms with Crippen molar-refractivity contribution in [2.45, 2.75) is 19.4 Å². The third-order valence-electron chi connectivity index (χ3n) is 4.47. The van der Waals surface area contributed by atoms with Crippen molar-refractivity contribution in [2.24, 2.45) is 0 Å². The van der Waals surface area contributed by atoms with Crippen molar-refractivity contribution in [1.82, 2.24) is 5.32 Å². The van der Waals surface area contributed by atoms with Gasteiger partial charge in [-0.2, -0.15) is 0 Å². The van der Waals surface area contributed by atoms with Crippen LogP contribution >= 0.6 is 0 Å². The molecular weight excluding hydrogens is 332 g/mol. The highest BCUT2D eigenvalue weighted by Gasteiger charge is 2.13. The zero-order valence-electron chi connectivity index (χ0n) is 14.5. The first-order valence-electron chi connectivity index (χ1n) is 8.93. The number of nitrogens with one attached hydrogen (secondary N) is 2. The Bertz CT molecular complexity index is 806. The first-order valence-corrected chi connectivity index (χ1v) is 8.93. The molecule has 0 saturated carbocycles. The van der Waals surface area contributed by atoms with Gasteiger partial charge in [-0.3, -0.25) is 4.79 Å². The van der Waals surface area contributed by atoms with E-state index in [0.717, 1.165) is 31.7 Å².